The Kier molecular flexibility index (Phi) is 9.03. The molecule has 23 heavy (non-hydrogen) atoms. The molecule has 1 aromatic carbocycles. The van der Waals surface area contributed by atoms with E-state index in [4.69, 9.17) is 9.47 Å². The van der Waals surface area contributed by atoms with Crippen LogP contribution in [0.5, 0.6) is 0 Å². The van der Waals surface area contributed by atoms with Crippen molar-refractivity contribution in [3.05, 3.63) is 35.4 Å². The van der Waals surface area contributed by atoms with Crippen LogP contribution in [0.15, 0.2) is 24.3 Å². The fraction of sp³-hybridized carbons (Fsp3) is 0.579. The van der Waals surface area contributed by atoms with Crippen LogP contribution in [0.2, 0.25) is 0 Å². The molecule has 0 amide bonds. The van der Waals surface area contributed by atoms with Gasteiger partial charge in [0.05, 0.1) is 17.7 Å². The molecule has 0 radical (unpaired) electrons. The van der Waals surface area contributed by atoms with Crippen molar-refractivity contribution in [2.45, 2.75) is 65.4 Å². The number of ether oxygens (including phenoxy) is 2. The third-order valence-electron chi connectivity index (χ3n) is 3.59. The highest BCUT2D eigenvalue weighted by Gasteiger charge is 2.21. The first kappa shape index (κ1) is 19.2. The van der Waals surface area contributed by atoms with E-state index in [0.717, 1.165) is 38.5 Å². The number of esters is 2. The second kappa shape index (κ2) is 10.8. The highest BCUT2D eigenvalue weighted by atomic mass is 16.5. The highest BCUT2D eigenvalue weighted by molar-refractivity contribution is 6.03. The zero-order chi connectivity index (χ0) is 17.1. The van der Waals surface area contributed by atoms with Gasteiger partial charge in [0.1, 0.15) is 6.10 Å². The summed E-state index contributed by atoms with van der Waals surface area (Å²) in [5, 5.41) is 0. The molecule has 0 unspecified atom stereocenters. The molecule has 0 heterocycles. The van der Waals surface area contributed by atoms with E-state index in [0.29, 0.717) is 6.61 Å². The van der Waals surface area contributed by atoms with Gasteiger partial charge in [-0.15, -0.1) is 0 Å². The lowest BCUT2D eigenvalue weighted by Gasteiger charge is -2.17. The maximum absolute atomic E-state index is 12.4. The molecule has 0 aliphatic carbocycles. The number of unbranched alkanes of at least 4 members (excludes halogenated alkanes) is 1. The van der Waals surface area contributed by atoms with Crippen LogP contribution in [0.25, 0.3) is 0 Å². The molecule has 4 heteroatoms. The van der Waals surface area contributed by atoms with Gasteiger partial charge in [0.2, 0.25) is 0 Å². The van der Waals surface area contributed by atoms with Crippen LogP contribution >= 0.6 is 0 Å². The Bertz CT molecular complexity index is 490. The first-order valence-corrected chi connectivity index (χ1v) is 8.61. The van der Waals surface area contributed by atoms with Gasteiger partial charge < -0.3 is 9.47 Å². The Labute approximate surface area is 139 Å². The number of carbonyl (C=O) groups is 2. The fourth-order valence-electron chi connectivity index (χ4n) is 2.35. The SMILES string of the molecule is CCCCOC(=O)c1ccccc1C(=O)OC(CCC)CCC. The predicted octanol–water partition coefficient (Wildman–Crippen LogP) is 4.77. The molecule has 0 aliphatic heterocycles. The molecule has 1 aromatic rings. The lowest BCUT2D eigenvalue weighted by Crippen LogP contribution is -2.20. The lowest BCUT2D eigenvalue weighted by molar-refractivity contribution is 0.0249. The van der Waals surface area contributed by atoms with Gasteiger partial charge >= 0.3 is 11.9 Å². The molecule has 1 rings (SSSR count). The number of hydrogen-bond donors (Lipinski definition) is 0. The monoisotopic (exact) mass is 320 g/mol. The third kappa shape index (κ3) is 6.43. The summed E-state index contributed by atoms with van der Waals surface area (Å²) in [5.74, 6) is -0.909. The van der Waals surface area contributed by atoms with E-state index < -0.39 is 11.9 Å². The number of hydrogen-bond acceptors (Lipinski definition) is 4. The van der Waals surface area contributed by atoms with Crippen LogP contribution in [0.4, 0.5) is 0 Å². The van der Waals surface area contributed by atoms with Gasteiger partial charge in [-0.2, -0.15) is 0 Å². The summed E-state index contributed by atoms with van der Waals surface area (Å²) in [5.41, 5.74) is 0.562. The van der Waals surface area contributed by atoms with Crippen molar-refractivity contribution in [1.29, 1.82) is 0 Å². The van der Waals surface area contributed by atoms with Crippen molar-refractivity contribution < 1.29 is 19.1 Å². The average molecular weight is 320 g/mol. The van der Waals surface area contributed by atoms with Gasteiger partial charge in [-0.05, 0) is 31.4 Å². The molecule has 0 saturated heterocycles. The van der Waals surface area contributed by atoms with Gasteiger partial charge in [-0.1, -0.05) is 52.2 Å². The molecular weight excluding hydrogens is 292 g/mol. The number of rotatable bonds is 10. The molecule has 0 N–H and O–H groups in total. The van der Waals surface area contributed by atoms with E-state index in [-0.39, 0.29) is 17.2 Å². The van der Waals surface area contributed by atoms with Gasteiger partial charge in [-0.3, -0.25) is 0 Å². The van der Waals surface area contributed by atoms with Crippen molar-refractivity contribution in [2.75, 3.05) is 6.61 Å². The van der Waals surface area contributed by atoms with E-state index >= 15 is 0 Å². The predicted molar refractivity (Wildman–Crippen MR) is 90.7 cm³/mol. The summed E-state index contributed by atoms with van der Waals surface area (Å²) in [4.78, 5) is 24.6. The van der Waals surface area contributed by atoms with E-state index in [9.17, 15) is 9.59 Å². The molecule has 0 saturated carbocycles. The minimum atomic E-state index is -0.464. The van der Waals surface area contributed by atoms with E-state index in [1.54, 1.807) is 24.3 Å². The van der Waals surface area contributed by atoms with Crippen molar-refractivity contribution >= 4 is 11.9 Å². The quantitative estimate of drug-likeness (QED) is 0.460. The minimum absolute atomic E-state index is 0.0957. The first-order chi connectivity index (χ1) is 11.1. The van der Waals surface area contributed by atoms with Crippen molar-refractivity contribution in [3.8, 4) is 0 Å². The van der Waals surface area contributed by atoms with Gasteiger partial charge in [0.25, 0.3) is 0 Å². The van der Waals surface area contributed by atoms with Crippen LogP contribution in [0.1, 0.15) is 80.0 Å². The van der Waals surface area contributed by atoms with Gasteiger partial charge in [0.15, 0.2) is 0 Å². The summed E-state index contributed by atoms with van der Waals surface area (Å²) in [6.07, 6.45) is 5.25. The van der Waals surface area contributed by atoms with E-state index in [1.807, 2.05) is 6.92 Å². The standard InChI is InChI=1S/C19H28O4/c1-4-7-14-22-18(20)16-12-8-9-13-17(16)19(21)23-15(10-5-2)11-6-3/h8-9,12-13,15H,4-7,10-11,14H2,1-3H3. The van der Waals surface area contributed by atoms with Crippen LogP contribution in [0, 0.1) is 0 Å². The molecule has 0 aromatic heterocycles. The van der Waals surface area contributed by atoms with Crippen molar-refractivity contribution in [2.24, 2.45) is 0 Å². The second-order valence-corrected chi connectivity index (χ2v) is 5.64. The van der Waals surface area contributed by atoms with Crippen LogP contribution in [-0.2, 0) is 9.47 Å². The van der Waals surface area contributed by atoms with Gasteiger partial charge in [-0.25, -0.2) is 9.59 Å². The average Bonchev–Trinajstić information content (AvgIpc) is 2.55. The maximum atomic E-state index is 12.4. The van der Waals surface area contributed by atoms with Crippen molar-refractivity contribution in [1.82, 2.24) is 0 Å². The Hall–Kier alpha value is -1.84. The fourth-order valence-corrected chi connectivity index (χ4v) is 2.35. The zero-order valence-corrected chi connectivity index (χ0v) is 14.5. The summed E-state index contributed by atoms with van der Waals surface area (Å²) in [6, 6.07) is 6.68. The Balaban J connectivity index is 2.82. The Morgan fingerprint density at radius 3 is 2.00 bits per heavy atom. The van der Waals surface area contributed by atoms with E-state index in [2.05, 4.69) is 13.8 Å². The molecule has 0 spiro atoms. The second-order valence-electron chi connectivity index (χ2n) is 5.64. The molecule has 4 nitrogen and oxygen atoms in total. The largest absolute Gasteiger partial charge is 0.462 e. The Morgan fingerprint density at radius 1 is 0.913 bits per heavy atom. The number of benzene rings is 1. The van der Waals surface area contributed by atoms with Crippen LogP contribution < -0.4 is 0 Å². The normalized spacial score (nSPS) is 10.6. The first-order valence-electron chi connectivity index (χ1n) is 8.61. The van der Waals surface area contributed by atoms with E-state index in [1.165, 1.54) is 0 Å². The molecule has 0 fully saturated rings. The van der Waals surface area contributed by atoms with Crippen molar-refractivity contribution in [3.63, 3.8) is 0 Å². The molecule has 0 aliphatic rings. The van der Waals surface area contributed by atoms with Crippen LogP contribution in [-0.4, -0.2) is 24.6 Å². The minimum Gasteiger partial charge on any atom is -0.462 e. The number of carbonyl (C=O) groups excluding carboxylic acids is 2. The summed E-state index contributed by atoms with van der Waals surface area (Å²) in [6.45, 7) is 6.53. The molecule has 0 bridgehead atoms. The smallest absolute Gasteiger partial charge is 0.339 e. The lowest BCUT2D eigenvalue weighted by atomic mass is 10.1. The topological polar surface area (TPSA) is 52.6 Å². The maximum Gasteiger partial charge on any atom is 0.339 e. The molecule has 0 atom stereocenters. The van der Waals surface area contributed by atoms with Gasteiger partial charge in [0, 0.05) is 0 Å². The third-order valence-corrected chi connectivity index (χ3v) is 3.59. The summed E-state index contributed by atoms with van der Waals surface area (Å²) < 4.78 is 10.8. The Morgan fingerprint density at radius 2 is 1.48 bits per heavy atom. The molecular formula is C19H28O4. The molecule has 128 valence electrons. The highest BCUT2D eigenvalue weighted by Crippen LogP contribution is 2.16. The zero-order valence-electron chi connectivity index (χ0n) is 14.5. The van der Waals surface area contributed by atoms with Crippen LogP contribution in [0.3, 0.4) is 0 Å². The summed E-state index contributed by atoms with van der Waals surface area (Å²) >= 11 is 0. The summed E-state index contributed by atoms with van der Waals surface area (Å²) in [7, 11) is 0.